The first-order chi connectivity index (χ1) is 10.3. The molecule has 2 aromatic carbocycles. The monoisotopic (exact) mass is 283 g/mol. The van der Waals surface area contributed by atoms with E-state index in [1.165, 1.54) is 5.56 Å². The predicted molar refractivity (Wildman–Crippen MR) is 84.3 cm³/mol. The van der Waals surface area contributed by atoms with Gasteiger partial charge in [-0.15, -0.1) is 0 Å². The third-order valence-corrected chi connectivity index (χ3v) is 3.14. The topological polar surface area (TPSA) is 38.3 Å². The third kappa shape index (κ3) is 6.13. The fraction of sp³-hybridized carbons (Fsp3) is 0.278. The van der Waals surface area contributed by atoms with Crippen molar-refractivity contribution < 1.29 is 9.53 Å². The summed E-state index contributed by atoms with van der Waals surface area (Å²) in [5, 5.41) is 2.92. The van der Waals surface area contributed by atoms with E-state index in [0.717, 1.165) is 18.6 Å². The van der Waals surface area contributed by atoms with Gasteiger partial charge in [0.25, 0.3) is 0 Å². The molecule has 0 saturated carbocycles. The van der Waals surface area contributed by atoms with E-state index < -0.39 is 0 Å². The normalized spacial score (nSPS) is 10.1. The molecule has 1 amide bonds. The highest BCUT2D eigenvalue weighted by atomic mass is 16.5. The van der Waals surface area contributed by atoms with Gasteiger partial charge >= 0.3 is 0 Å². The summed E-state index contributed by atoms with van der Waals surface area (Å²) in [7, 11) is 0. The average molecular weight is 283 g/mol. The summed E-state index contributed by atoms with van der Waals surface area (Å²) in [6.45, 7) is 1.27. The summed E-state index contributed by atoms with van der Waals surface area (Å²) >= 11 is 0. The quantitative estimate of drug-likeness (QED) is 0.756. The van der Waals surface area contributed by atoms with Crippen molar-refractivity contribution in [2.75, 3.05) is 13.2 Å². The number of carbonyl (C=O) groups excluding carboxylic acids is 1. The van der Waals surface area contributed by atoms with Crippen LogP contribution in [0.25, 0.3) is 0 Å². The predicted octanol–water partition coefficient (Wildman–Crippen LogP) is 3.20. The van der Waals surface area contributed by atoms with Crippen molar-refractivity contribution in [3.8, 4) is 5.75 Å². The molecule has 0 aliphatic rings. The van der Waals surface area contributed by atoms with Crippen LogP contribution in [0.5, 0.6) is 5.75 Å². The number of aryl methyl sites for hydroxylation is 1. The van der Waals surface area contributed by atoms with Crippen LogP contribution in [0, 0.1) is 0 Å². The molecule has 0 aliphatic carbocycles. The van der Waals surface area contributed by atoms with E-state index in [2.05, 4.69) is 5.32 Å². The van der Waals surface area contributed by atoms with Gasteiger partial charge in [-0.2, -0.15) is 0 Å². The SMILES string of the molecule is O=C(CCc1ccccc1)NCCCOc1ccccc1. The highest BCUT2D eigenvalue weighted by Gasteiger charge is 2.01. The summed E-state index contributed by atoms with van der Waals surface area (Å²) in [6, 6.07) is 19.8. The van der Waals surface area contributed by atoms with E-state index in [0.29, 0.717) is 19.6 Å². The van der Waals surface area contributed by atoms with Crippen molar-refractivity contribution in [3.63, 3.8) is 0 Å². The van der Waals surface area contributed by atoms with Gasteiger partial charge in [0.05, 0.1) is 6.61 Å². The maximum absolute atomic E-state index is 11.7. The Balaban J connectivity index is 1.53. The number of ether oxygens (including phenoxy) is 1. The largest absolute Gasteiger partial charge is 0.494 e. The summed E-state index contributed by atoms with van der Waals surface area (Å²) in [5.41, 5.74) is 1.19. The smallest absolute Gasteiger partial charge is 0.220 e. The molecule has 0 atom stereocenters. The lowest BCUT2D eigenvalue weighted by atomic mass is 10.1. The van der Waals surface area contributed by atoms with E-state index in [9.17, 15) is 4.79 Å². The maximum Gasteiger partial charge on any atom is 0.220 e. The number of carbonyl (C=O) groups is 1. The molecule has 21 heavy (non-hydrogen) atoms. The van der Waals surface area contributed by atoms with Crippen molar-refractivity contribution in [2.45, 2.75) is 19.3 Å². The highest BCUT2D eigenvalue weighted by Crippen LogP contribution is 2.08. The summed E-state index contributed by atoms with van der Waals surface area (Å²) in [6.07, 6.45) is 2.13. The molecule has 0 aromatic heterocycles. The Labute approximate surface area is 126 Å². The van der Waals surface area contributed by atoms with Crippen molar-refractivity contribution in [2.24, 2.45) is 0 Å². The lowest BCUT2D eigenvalue weighted by molar-refractivity contribution is -0.121. The van der Waals surface area contributed by atoms with Gasteiger partial charge in [-0.1, -0.05) is 48.5 Å². The first-order valence-corrected chi connectivity index (χ1v) is 7.33. The van der Waals surface area contributed by atoms with Gasteiger partial charge in [0.1, 0.15) is 5.75 Å². The Morgan fingerprint density at radius 3 is 2.33 bits per heavy atom. The van der Waals surface area contributed by atoms with Gasteiger partial charge < -0.3 is 10.1 Å². The van der Waals surface area contributed by atoms with Crippen LogP contribution >= 0.6 is 0 Å². The number of para-hydroxylation sites is 1. The Kier molecular flexibility index (Phi) is 6.33. The molecule has 0 fully saturated rings. The minimum atomic E-state index is 0.0959. The number of amides is 1. The van der Waals surface area contributed by atoms with E-state index in [1.807, 2.05) is 60.7 Å². The number of nitrogens with one attached hydrogen (secondary N) is 1. The summed E-state index contributed by atoms with van der Waals surface area (Å²) in [5.74, 6) is 0.964. The van der Waals surface area contributed by atoms with Crippen LogP contribution in [0.4, 0.5) is 0 Å². The van der Waals surface area contributed by atoms with Crippen molar-refractivity contribution in [1.82, 2.24) is 5.32 Å². The second-order valence-electron chi connectivity index (χ2n) is 4.85. The van der Waals surface area contributed by atoms with E-state index in [-0.39, 0.29) is 5.91 Å². The zero-order chi connectivity index (χ0) is 14.8. The number of rotatable bonds is 8. The molecule has 0 unspecified atom stereocenters. The summed E-state index contributed by atoms with van der Waals surface area (Å²) in [4.78, 5) is 11.7. The Morgan fingerprint density at radius 2 is 1.62 bits per heavy atom. The standard InChI is InChI=1S/C18H21NO2/c20-18(13-12-16-8-3-1-4-9-16)19-14-7-15-21-17-10-5-2-6-11-17/h1-6,8-11H,7,12-15H2,(H,19,20). The molecule has 2 rings (SSSR count). The van der Waals surface area contributed by atoms with Crippen LogP contribution in [0.3, 0.4) is 0 Å². The zero-order valence-electron chi connectivity index (χ0n) is 12.1. The van der Waals surface area contributed by atoms with Gasteiger partial charge in [0, 0.05) is 13.0 Å². The molecule has 0 bridgehead atoms. The van der Waals surface area contributed by atoms with Crippen LogP contribution in [0.2, 0.25) is 0 Å². The van der Waals surface area contributed by atoms with Crippen LogP contribution in [-0.2, 0) is 11.2 Å². The lowest BCUT2D eigenvalue weighted by Gasteiger charge is -2.07. The minimum Gasteiger partial charge on any atom is -0.494 e. The van der Waals surface area contributed by atoms with E-state index in [4.69, 9.17) is 4.74 Å². The van der Waals surface area contributed by atoms with Crippen LogP contribution in [0.1, 0.15) is 18.4 Å². The molecule has 3 nitrogen and oxygen atoms in total. The van der Waals surface area contributed by atoms with Gasteiger partial charge in [-0.3, -0.25) is 4.79 Å². The Bertz CT molecular complexity index is 525. The fourth-order valence-corrected chi connectivity index (χ4v) is 2.00. The molecule has 3 heteroatoms. The molecule has 0 saturated heterocycles. The van der Waals surface area contributed by atoms with Crippen LogP contribution in [0.15, 0.2) is 60.7 Å². The molecular weight excluding hydrogens is 262 g/mol. The second-order valence-corrected chi connectivity index (χ2v) is 4.85. The first kappa shape index (κ1) is 15.1. The van der Waals surface area contributed by atoms with Gasteiger partial charge in [0.2, 0.25) is 5.91 Å². The molecule has 2 aromatic rings. The first-order valence-electron chi connectivity index (χ1n) is 7.33. The molecule has 0 aliphatic heterocycles. The molecule has 0 spiro atoms. The van der Waals surface area contributed by atoms with E-state index >= 15 is 0 Å². The second kappa shape index (κ2) is 8.80. The lowest BCUT2D eigenvalue weighted by Crippen LogP contribution is -2.25. The molecule has 0 heterocycles. The van der Waals surface area contributed by atoms with Crippen LogP contribution < -0.4 is 10.1 Å². The average Bonchev–Trinajstić information content (AvgIpc) is 2.54. The number of benzene rings is 2. The van der Waals surface area contributed by atoms with Gasteiger partial charge in [0.15, 0.2) is 0 Å². The molecular formula is C18H21NO2. The minimum absolute atomic E-state index is 0.0959. The molecule has 0 radical (unpaired) electrons. The van der Waals surface area contributed by atoms with Crippen molar-refractivity contribution in [3.05, 3.63) is 66.2 Å². The number of hydrogen-bond acceptors (Lipinski definition) is 2. The third-order valence-electron chi connectivity index (χ3n) is 3.14. The molecule has 110 valence electrons. The highest BCUT2D eigenvalue weighted by molar-refractivity contribution is 5.76. The summed E-state index contributed by atoms with van der Waals surface area (Å²) < 4.78 is 5.57. The van der Waals surface area contributed by atoms with Gasteiger partial charge in [-0.25, -0.2) is 0 Å². The Morgan fingerprint density at radius 1 is 0.952 bits per heavy atom. The number of hydrogen-bond donors (Lipinski definition) is 1. The van der Waals surface area contributed by atoms with E-state index in [1.54, 1.807) is 0 Å². The van der Waals surface area contributed by atoms with Crippen molar-refractivity contribution >= 4 is 5.91 Å². The van der Waals surface area contributed by atoms with Crippen molar-refractivity contribution in [1.29, 1.82) is 0 Å². The maximum atomic E-state index is 11.7. The van der Waals surface area contributed by atoms with Gasteiger partial charge in [-0.05, 0) is 30.5 Å². The van der Waals surface area contributed by atoms with Crippen LogP contribution in [-0.4, -0.2) is 19.1 Å². The Hall–Kier alpha value is -2.29. The molecule has 1 N–H and O–H groups in total. The fourth-order valence-electron chi connectivity index (χ4n) is 2.00. The zero-order valence-corrected chi connectivity index (χ0v) is 12.1.